The highest BCUT2D eigenvalue weighted by molar-refractivity contribution is 6.30. The molecular weight excluding hydrogens is 300 g/mol. The predicted octanol–water partition coefficient (Wildman–Crippen LogP) is 3.69. The number of rotatable bonds is 4. The third-order valence-corrected chi connectivity index (χ3v) is 3.93. The third-order valence-electron chi connectivity index (χ3n) is 3.70. The van der Waals surface area contributed by atoms with Gasteiger partial charge in [-0.1, -0.05) is 29.8 Å². The molecule has 0 bridgehead atoms. The third kappa shape index (κ3) is 3.46. The van der Waals surface area contributed by atoms with Gasteiger partial charge in [0.2, 0.25) is 0 Å². The first-order valence-corrected chi connectivity index (χ1v) is 7.73. The van der Waals surface area contributed by atoms with E-state index in [0.29, 0.717) is 10.7 Å². The molecule has 22 heavy (non-hydrogen) atoms. The van der Waals surface area contributed by atoms with E-state index in [-0.39, 0.29) is 0 Å². The maximum atomic E-state index is 12.3. The smallest absolute Gasteiger partial charge is 0.358 e. The minimum Gasteiger partial charge on any atom is -0.437 e. The Balaban J connectivity index is 1.84. The number of benzene rings is 1. The van der Waals surface area contributed by atoms with Crippen molar-refractivity contribution < 1.29 is 9.53 Å². The summed E-state index contributed by atoms with van der Waals surface area (Å²) in [6.45, 7) is 1.82. The number of esters is 1. The Bertz CT molecular complexity index is 642. The molecule has 0 amide bonds. The molecule has 1 saturated heterocycles. The number of aromatic nitrogens is 1. The van der Waals surface area contributed by atoms with Crippen LogP contribution in [0.25, 0.3) is 0 Å². The van der Waals surface area contributed by atoms with Gasteiger partial charge < -0.3 is 4.74 Å². The first kappa shape index (κ1) is 15.0. The molecule has 1 aliphatic heterocycles. The van der Waals surface area contributed by atoms with E-state index in [9.17, 15) is 4.79 Å². The van der Waals surface area contributed by atoms with E-state index in [4.69, 9.17) is 16.3 Å². The summed E-state index contributed by atoms with van der Waals surface area (Å²) in [4.78, 5) is 18.5. The van der Waals surface area contributed by atoms with Gasteiger partial charge in [-0.05, 0) is 37.1 Å². The summed E-state index contributed by atoms with van der Waals surface area (Å²) in [5.74, 6) is -0.419. The number of carbonyl (C=O) groups excluding carboxylic acids is 1. The summed E-state index contributed by atoms with van der Waals surface area (Å²) in [5, 5.41) is 0.635. The second-order valence-corrected chi connectivity index (χ2v) is 5.71. The quantitative estimate of drug-likeness (QED) is 0.807. The van der Waals surface area contributed by atoms with Crippen LogP contribution in [0.4, 0.5) is 0 Å². The lowest BCUT2D eigenvalue weighted by Gasteiger charge is -2.27. The molecule has 0 N–H and O–H groups in total. The highest BCUT2D eigenvalue weighted by Gasteiger charge is 2.27. The Hall–Kier alpha value is -1.91. The van der Waals surface area contributed by atoms with Crippen LogP contribution in [0.15, 0.2) is 48.7 Å². The van der Waals surface area contributed by atoms with Crippen molar-refractivity contribution in [3.63, 3.8) is 0 Å². The van der Waals surface area contributed by atoms with Crippen LogP contribution in [0.2, 0.25) is 5.02 Å². The summed E-state index contributed by atoms with van der Waals surface area (Å²) >= 11 is 6.08. The van der Waals surface area contributed by atoms with Gasteiger partial charge in [0.05, 0.1) is 0 Å². The molecule has 1 atom stereocenters. The number of likely N-dealkylation sites (tertiary alicyclic amines) is 1. The largest absolute Gasteiger partial charge is 0.437 e. The number of halogens is 1. The molecular formula is C17H17ClN2O2. The van der Waals surface area contributed by atoms with Crippen molar-refractivity contribution >= 4 is 17.6 Å². The second kappa shape index (κ2) is 6.90. The molecule has 1 aromatic heterocycles. The lowest BCUT2D eigenvalue weighted by Crippen LogP contribution is -2.30. The number of nitrogens with zero attached hydrogens (tertiary/aromatic N) is 2. The van der Waals surface area contributed by atoms with Gasteiger partial charge in [0, 0.05) is 29.9 Å². The minimum absolute atomic E-state index is 0.314. The van der Waals surface area contributed by atoms with Crippen molar-refractivity contribution in [1.29, 1.82) is 0 Å². The number of ether oxygens (including phenoxy) is 1. The molecule has 5 heteroatoms. The van der Waals surface area contributed by atoms with Crippen LogP contribution in [-0.4, -0.2) is 28.9 Å². The topological polar surface area (TPSA) is 42.4 Å². The maximum Gasteiger partial charge on any atom is 0.358 e. The summed E-state index contributed by atoms with van der Waals surface area (Å²) in [6, 6.07) is 12.7. The Labute approximate surface area is 134 Å². The average Bonchev–Trinajstić information content (AvgIpc) is 3.07. The van der Waals surface area contributed by atoms with E-state index in [0.717, 1.165) is 31.5 Å². The second-order valence-electron chi connectivity index (χ2n) is 5.27. The predicted molar refractivity (Wildman–Crippen MR) is 84.7 cm³/mol. The van der Waals surface area contributed by atoms with Crippen molar-refractivity contribution in [3.8, 4) is 0 Å². The molecule has 1 aliphatic rings. The van der Waals surface area contributed by atoms with Gasteiger partial charge in [-0.2, -0.15) is 0 Å². The molecule has 2 aromatic rings. The van der Waals surface area contributed by atoms with Crippen molar-refractivity contribution in [2.75, 3.05) is 13.1 Å². The molecule has 4 nitrogen and oxygen atoms in total. The molecule has 0 aliphatic carbocycles. The van der Waals surface area contributed by atoms with Crippen molar-refractivity contribution in [3.05, 3.63) is 64.9 Å². The Morgan fingerprint density at radius 1 is 1.18 bits per heavy atom. The first-order valence-electron chi connectivity index (χ1n) is 7.35. The molecule has 0 saturated carbocycles. The van der Waals surface area contributed by atoms with Gasteiger partial charge in [-0.3, -0.25) is 4.90 Å². The van der Waals surface area contributed by atoms with Crippen LogP contribution in [-0.2, 0) is 4.74 Å². The minimum atomic E-state index is -0.421. The lowest BCUT2D eigenvalue weighted by atomic mass is 10.2. The Kier molecular flexibility index (Phi) is 4.71. The van der Waals surface area contributed by atoms with E-state index in [1.807, 2.05) is 24.3 Å². The fourth-order valence-electron chi connectivity index (χ4n) is 2.63. The van der Waals surface area contributed by atoms with Gasteiger partial charge in [-0.15, -0.1) is 0 Å². The van der Waals surface area contributed by atoms with Gasteiger partial charge in [0.1, 0.15) is 5.69 Å². The average molecular weight is 317 g/mol. The molecule has 1 fully saturated rings. The van der Waals surface area contributed by atoms with Crippen LogP contribution in [0.5, 0.6) is 0 Å². The number of pyridine rings is 1. The zero-order valence-electron chi connectivity index (χ0n) is 12.1. The molecule has 3 rings (SSSR count). The van der Waals surface area contributed by atoms with Crippen LogP contribution in [0.1, 0.15) is 35.1 Å². The van der Waals surface area contributed by atoms with Crippen molar-refractivity contribution in [2.24, 2.45) is 0 Å². The molecule has 0 unspecified atom stereocenters. The SMILES string of the molecule is O=C(O[C@@H](c1cccc(Cl)c1)N1CCCC1)c1ccccn1. The maximum absolute atomic E-state index is 12.3. The highest BCUT2D eigenvalue weighted by Crippen LogP contribution is 2.28. The lowest BCUT2D eigenvalue weighted by molar-refractivity contribution is -0.0263. The van der Waals surface area contributed by atoms with Crippen molar-refractivity contribution in [1.82, 2.24) is 9.88 Å². The van der Waals surface area contributed by atoms with E-state index >= 15 is 0 Å². The van der Waals surface area contributed by atoms with Crippen LogP contribution < -0.4 is 0 Å². The monoisotopic (exact) mass is 316 g/mol. The molecule has 0 radical (unpaired) electrons. The Morgan fingerprint density at radius 2 is 2.00 bits per heavy atom. The van der Waals surface area contributed by atoms with E-state index in [1.165, 1.54) is 0 Å². The van der Waals surface area contributed by atoms with Crippen LogP contribution >= 0.6 is 11.6 Å². The molecule has 2 heterocycles. The van der Waals surface area contributed by atoms with Gasteiger partial charge in [0.15, 0.2) is 6.23 Å². The van der Waals surface area contributed by atoms with Crippen LogP contribution in [0.3, 0.4) is 0 Å². The van der Waals surface area contributed by atoms with E-state index in [1.54, 1.807) is 24.4 Å². The fourth-order valence-corrected chi connectivity index (χ4v) is 2.83. The number of hydrogen-bond acceptors (Lipinski definition) is 4. The summed E-state index contributed by atoms with van der Waals surface area (Å²) in [6.07, 6.45) is 3.38. The highest BCUT2D eigenvalue weighted by atomic mass is 35.5. The van der Waals surface area contributed by atoms with Crippen molar-refractivity contribution in [2.45, 2.75) is 19.1 Å². The fraction of sp³-hybridized carbons (Fsp3) is 0.294. The number of carbonyl (C=O) groups is 1. The summed E-state index contributed by atoms with van der Waals surface area (Å²) < 4.78 is 5.73. The first-order chi connectivity index (χ1) is 10.7. The summed E-state index contributed by atoms with van der Waals surface area (Å²) in [7, 11) is 0. The van der Waals surface area contributed by atoms with Gasteiger partial charge >= 0.3 is 5.97 Å². The standard InChI is InChI=1S/C17H17ClN2O2/c18-14-7-5-6-13(12-14)16(20-10-3-4-11-20)22-17(21)15-8-1-2-9-19-15/h1-2,5-9,12,16H,3-4,10-11H2/t16-/m0/s1. The molecule has 1 aromatic carbocycles. The Morgan fingerprint density at radius 3 is 2.68 bits per heavy atom. The molecule has 0 spiro atoms. The zero-order valence-corrected chi connectivity index (χ0v) is 12.9. The number of hydrogen-bond donors (Lipinski definition) is 0. The normalized spacial score (nSPS) is 16.4. The van der Waals surface area contributed by atoms with E-state index in [2.05, 4.69) is 9.88 Å². The summed E-state index contributed by atoms with van der Waals surface area (Å²) in [5.41, 5.74) is 1.20. The van der Waals surface area contributed by atoms with Crippen LogP contribution in [0, 0.1) is 0 Å². The van der Waals surface area contributed by atoms with E-state index < -0.39 is 12.2 Å². The molecule has 114 valence electrons. The van der Waals surface area contributed by atoms with Gasteiger partial charge in [0.25, 0.3) is 0 Å². The van der Waals surface area contributed by atoms with Gasteiger partial charge in [-0.25, -0.2) is 9.78 Å². The zero-order chi connectivity index (χ0) is 15.4.